The molecule has 0 fully saturated rings. The van der Waals surface area contributed by atoms with E-state index in [4.69, 9.17) is 19.6 Å². The summed E-state index contributed by atoms with van der Waals surface area (Å²) in [6.45, 7) is 9.35. The van der Waals surface area contributed by atoms with Gasteiger partial charge in [0.15, 0.2) is 0 Å². The van der Waals surface area contributed by atoms with Crippen molar-refractivity contribution in [2.24, 2.45) is 0 Å². The van der Waals surface area contributed by atoms with Gasteiger partial charge in [0, 0.05) is 30.5 Å². The first-order valence-corrected chi connectivity index (χ1v) is 11.3. The van der Waals surface area contributed by atoms with E-state index < -0.39 is 0 Å². The summed E-state index contributed by atoms with van der Waals surface area (Å²) in [5, 5.41) is 8.42. The topological polar surface area (TPSA) is 87.0 Å². The van der Waals surface area contributed by atoms with E-state index in [2.05, 4.69) is 33.8 Å². The summed E-state index contributed by atoms with van der Waals surface area (Å²) in [4.78, 5) is 13.7. The molecule has 4 rings (SSSR count). The highest BCUT2D eigenvalue weighted by Gasteiger charge is 2.20. The molecule has 0 aliphatic heterocycles. The molecule has 4 aromatic heterocycles. The van der Waals surface area contributed by atoms with E-state index in [9.17, 15) is 0 Å². The Kier molecular flexibility index (Phi) is 6.72. The van der Waals surface area contributed by atoms with Crippen molar-refractivity contribution in [2.45, 2.75) is 46.7 Å². The maximum Gasteiger partial charge on any atom is 0.222 e. The average molecular weight is 447 g/mol. The largest absolute Gasteiger partial charge is 0.481 e. The van der Waals surface area contributed by atoms with Crippen LogP contribution in [0, 0.1) is 6.92 Å². The Morgan fingerprint density at radius 1 is 1.09 bits per heavy atom. The molecule has 1 atom stereocenters. The van der Waals surface area contributed by atoms with Crippen LogP contribution in [0.15, 0.2) is 42.7 Å². The third-order valence-corrected chi connectivity index (χ3v) is 5.67. The first-order valence-electron chi connectivity index (χ1n) is 11.3. The number of aromatic nitrogens is 5. The highest BCUT2D eigenvalue weighted by Crippen LogP contribution is 2.35. The molecule has 4 aromatic rings. The molecule has 0 aliphatic carbocycles. The van der Waals surface area contributed by atoms with Crippen LogP contribution in [-0.2, 0) is 6.54 Å². The van der Waals surface area contributed by atoms with Gasteiger partial charge in [-0.15, -0.1) is 0 Å². The minimum absolute atomic E-state index is 0.236. The summed E-state index contributed by atoms with van der Waals surface area (Å²) in [7, 11) is 1.63. The Hall–Kier alpha value is -3.68. The second-order valence-electron chi connectivity index (χ2n) is 7.85. The first-order chi connectivity index (χ1) is 16.1. The molecule has 0 amide bonds. The summed E-state index contributed by atoms with van der Waals surface area (Å²) < 4.78 is 13.3. The fourth-order valence-corrected chi connectivity index (χ4v) is 3.82. The zero-order valence-corrected chi connectivity index (χ0v) is 19.8. The molecule has 0 saturated heterocycles. The van der Waals surface area contributed by atoms with Crippen LogP contribution in [0.25, 0.3) is 22.3 Å². The lowest BCUT2D eigenvalue weighted by molar-refractivity contribution is 0.328. The van der Waals surface area contributed by atoms with E-state index in [0.29, 0.717) is 24.9 Å². The number of anilines is 1. The zero-order chi connectivity index (χ0) is 23.4. The summed E-state index contributed by atoms with van der Waals surface area (Å²) in [6.07, 6.45) is 4.42. The Morgan fingerprint density at radius 2 is 1.85 bits per heavy atom. The predicted octanol–water partition coefficient (Wildman–Crippen LogP) is 5.19. The molecule has 0 bridgehead atoms. The standard InChI is InChI=1S/C25H30N6O2/c1-6-16(3)31-23-21(28-15-18-10-8-12-26-24(18)32-5)14-20(29-22(23)17(4)30-31)19-11-9-13-27-25(19)33-7-2/h8-14,16H,6-7,15H2,1-5H3,(H,28,29). The smallest absolute Gasteiger partial charge is 0.222 e. The van der Waals surface area contributed by atoms with Crippen LogP contribution in [0.4, 0.5) is 5.69 Å². The molecule has 33 heavy (non-hydrogen) atoms. The fraction of sp³-hybridized carbons (Fsp3) is 0.360. The van der Waals surface area contributed by atoms with Crippen LogP contribution in [0.1, 0.15) is 44.5 Å². The summed E-state index contributed by atoms with van der Waals surface area (Å²) in [5.41, 5.74) is 6.26. The Balaban J connectivity index is 1.87. The van der Waals surface area contributed by atoms with Gasteiger partial charge in [-0.05, 0) is 51.5 Å². The number of nitrogens with zero attached hydrogens (tertiary/aromatic N) is 5. The van der Waals surface area contributed by atoms with Crippen molar-refractivity contribution in [1.29, 1.82) is 0 Å². The van der Waals surface area contributed by atoms with Crippen molar-refractivity contribution in [1.82, 2.24) is 24.7 Å². The van der Waals surface area contributed by atoms with Gasteiger partial charge in [-0.3, -0.25) is 4.68 Å². The van der Waals surface area contributed by atoms with E-state index in [1.165, 1.54) is 0 Å². The van der Waals surface area contributed by atoms with E-state index >= 15 is 0 Å². The molecule has 0 saturated carbocycles. The number of rotatable bonds is 9. The Labute approximate surface area is 194 Å². The Bertz CT molecular complexity index is 1250. The third kappa shape index (κ3) is 4.46. The molecule has 0 radical (unpaired) electrons. The molecule has 8 heteroatoms. The van der Waals surface area contributed by atoms with Crippen LogP contribution < -0.4 is 14.8 Å². The maximum atomic E-state index is 5.78. The van der Waals surface area contributed by atoms with E-state index in [0.717, 1.165) is 45.7 Å². The summed E-state index contributed by atoms with van der Waals surface area (Å²) in [6, 6.07) is 10.1. The van der Waals surface area contributed by atoms with Gasteiger partial charge >= 0.3 is 0 Å². The monoisotopic (exact) mass is 446 g/mol. The van der Waals surface area contributed by atoms with E-state index in [1.54, 1.807) is 19.5 Å². The van der Waals surface area contributed by atoms with Crippen LogP contribution in [-0.4, -0.2) is 38.4 Å². The third-order valence-electron chi connectivity index (χ3n) is 5.67. The SMILES string of the molecule is CCOc1ncccc1-c1cc(NCc2cccnc2OC)c2c(n1)c(C)nn2C(C)CC. The quantitative estimate of drug-likeness (QED) is 0.379. The molecular formula is C25H30N6O2. The van der Waals surface area contributed by atoms with Gasteiger partial charge in [-0.2, -0.15) is 5.10 Å². The molecule has 4 heterocycles. The van der Waals surface area contributed by atoms with Crippen molar-refractivity contribution < 1.29 is 9.47 Å². The van der Waals surface area contributed by atoms with Crippen LogP contribution in [0.2, 0.25) is 0 Å². The normalized spacial score (nSPS) is 12.0. The molecule has 8 nitrogen and oxygen atoms in total. The number of fused-ring (bicyclic) bond motifs is 1. The number of ether oxygens (including phenoxy) is 2. The lowest BCUT2D eigenvalue weighted by Gasteiger charge is -2.16. The van der Waals surface area contributed by atoms with Gasteiger partial charge < -0.3 is 14.8 Å². The molecule has 172 valence electrons. The zero-order valence-electron chi connectivity index (χ0n) is 19.8. The van der Waals surface area contributed by atoms with Crippen molar-refractivity contribution in [3.05, 3.63) is 54.0 Å². The number of hydrogen-bond donors (Lipinski definition) is 1. The minimum atomic E-state index is 0.236. The predicted molar refractivity (Wildman–Crippen MR) is 130 cm³/mol. The fourth-order valence-electron chi connectivity index (χ4n) is 3.82. The maximum absolute atomic E-state index is 5.78. The molecular weight excluding hydrogens is 416 g/mol. The molecule has 0 aromatic carbocycles. The minimum Gasteiger partial charge on any atom is -0.481 e. The lowest BCUT2D eigenvalue weighted by atomic mass is 10.1. The van der Waals surface area contributed by atoms with Gasteiger partial charge in [0.1, 0.15) is 11.0 Å². The average Bonchev–Trinajstić information content (AvgIpc) is 3.19. The van der Waals surface area contributed by atoms with Gasteiger partial charge in [-0.25, -0.2) is 15.0 Å². The van der Waals surface area contributed by atoms with Gasteiger partial charge in [0.05, 0.1) is 36.4 Å². The van der Waals surface area contributed by atoms with Crippen molar-refractivity contribution in [3.8, 4) is 23.0 Å². The number of pyridine rings is 3. The Morgan fingerprint density at radius 3 is 2.58 bits per heavy atom. The summed E-state index contributed by atoms with van der Waals surface area (Å²) >= 11 is 0. The van der Waals surface area contributed by atoms with Crippen LogP contribution in [0.5, 0.6) is 11.8 Å². The van der Waals surface area contributed by atoms with Gasteiger partial charge in [-0.1, -0.05) is 13.0 Å². The second-order valence-corrected chi connectivity index (χ2v) is 7.85. The van der Waals surface area contributed by atoms with Crippen molar-refractivity contribution in [3.63, 3.8) is 0 Å². The number of nitrogens with one attached hydrogen (secondary N) is 1. The summed E-state index contributed by atoms with van der Waals surface area (Å²) in [5.74, 6) is 1.17. The number of aryl methyl sites for hydroxylation is 1. The van der Waals surface area contributed by atoms with E-state index in [-0.39, 0.29) is 6.04 Å². The highest BCUT2D eigenvalue weighted by molar-refractivity contribution is 5.93. The van der Waals surface area contributed by atoms with Gasteiger partial charge in [0.25, 0.3) is 0 Å². The molecule has 0 aliphatic rings. The van der Waals surface area contributed by atoms with Crippen LogP contribution in [0.3, 0.4) is 0 Å². The first kappa shape index (κ1) is 22.5. The molecule has 1 N–H and O–H groups in total. The number of methoxy groups -OCH3 is 1. The van der Waals surface area contributed by atoms with E-state index in [1.807, 2.05) is 44.2 Å². The second kappa shape index (κ2) is 9.85. The van der Waals surface area contributed by atoms with Crippen molar-refractivity contribution >= 4 is 16.7 Å². The van der Waals surface area contributed by atoms with Gasteiger partial charge in [0.2, 0.25) is 11.8 Å². The number of hydrogen-bond acceptors (Lipinski definition) is 7. The van der Waals surface area contributed by atoms with Crippen LogP contribution >= 0.6 is 0 Å². The highest BCUT2D eigenvalue weighted by atomic mass is 16.5. The molecule has 1 unspecified atom stereocenters. The lowest BCUT2D eigenvalue weighted by Crippen LogP contribution is -2.09. The molecule has 0 spiro atoms. The van der Waals surface area contributed by atoms with Crippen molar-refractivity contribution in [2.75, 3.05) is 19.0 Å².